The van der Waals surface area contributed by atoms with Crippen LogP contribution in [0.5, 0.6) is 5.75 Å². The van der Waals surface area contributed by atoms with E-state index in [9.17, 15) is 14.9 Å². The maximum Gasteiger partial charge on any atom is 0.266 e. The normalized spacial score (nSPS) is 10.6. The fourth-order valence-corrected chi connectivity index (χ4v) is 2.75. The fourth-order valence-electron chi connectivity index (χ4n) is 2.75. The van der Waals surface area contributed by atoms with Crippen LogP contribution in [0.4, 0.5) is 11.4 Å². The zero-order chi connectivity index (χ0) is 22.1. The molecule has 0 spiro atoms. The van der Waals surface area contributed by atoms with Crippen molar-refractivity contribution in [2.24, 2.45) is 0 Å². The minimum absolute atomic E-state index is 0.0147. The van der Waals surface area contributed by atoms with E-state index < -0.39 is 5.91 Å². The lowest BCUT2D eigenvalue weighted by molar-refractivity contribution is -0.118. The maximum atomic E-state index is 12.4. The van der Waals surface area contributed by atoms with Gasteiger partial charge in [0.25, 0.3) is 11.8 Å². The zero-order valence-electron chi connectivity index (χ0n) is 17.0. The van der Waals surface area contributed by atoms with Crippen molar-refractivity contribution in [3.8, 4) is 11.8 Å². The average molecular weight is 411 g/mol. The summed E-state index contributed by atoms with van der Waals surface area (Å²) in [4.78, 5) is 24.4. The third-order valence-electron chi connectivity index (χ3n) is 4.38. The maximum absolute atomic E-state index is 12.4. The van der Waals surface area contributed by atoms with Gasteiger partial charge in [-0.25, -0.2) is 0 Å². The SMILES string of the molecule is Cc1ccccc1NC(=O)/C(C#N)=C/c1ccc(OCC(=O)Nc2ccccc2)cc1. The molecule has 2 amide bonds. The second-order valence-electron chi connectivity index (χ2n) is 6.71. The molecule has 0 fully saturated rings. The molecular formula is C25H21N3O3. The topological polar surface area (TPSA) is 91.2 Å². The van der Waals surface area contributed by atoms with E-state index in [0.29, 0.717) is 22.7 Å². The Bertz CT molecular complexity index is 1130. The standard InChI is InChI=1S/C25H21N3O3/c1-18-7-5-6-10-23(18)28-25(30)20(16-26)15-19-11-13-22(14-12-19)31-17-24(29)27-21-8-3-2-4-9-21/h2-15H,17H2,1H3,(H,27,29)(H,28,30)/b20-15+. The number of carbonyl (C=O) groups excluding carboxylic acids is 2. The summed E-state index contributed by atoms with van der Waals surface area (Å²) < 4.78 is 5.49. The molecule has 0 aliphatic carbocycles. The first-order valence-electron chi connectivity index (χ1n) is 9.61. The number of benzene rings is 3. The summed E-state index contributed by atoms with van der Waals surface area (Å²) in [6, 6.07) is 25.2. The Morgan fingerprint density at radius 3 is 2.29 bits per heavy atom. The van der Waals surface area contributed by atoms with E-state index >= 15 is 0 Å². The van der Waals surface area contributed by atoms with Crippen LogP contribution in [0.25, 0.3) is 6.08 Å². The largest absolute Gasteiger partial charge is 0.484 e. The summed E-state index contributed by atoms with van der Waals surface area (Å²) in [6.07, 6.45) is 1.50. The van der Waals surface area contributed by atoms with E-state index in [2.05, 4.69) is 10.6 Å². The molecule has 0 saturated carbocycles. The van der Waals surface area contributed by atoms with Gasteiger partial charge < -0.3 is 15.4 Å². The Balaban J connectivity index is 1.58. The molecule has 0 radical (unpaired) electrons. The van der Waals surface area contributed by atoms with E-state index in [-0.39, 0.29) is 18.1 Å². The number of aryl methyl sites for hydroxylation is 1. The van der Waals surface area contributed by atoms with Crippen molar-refractivity contribution in [3.05, 3.63) is 95.6 Å². The van der Waals surface area contributed by atoms with Gasteiger partial charge in [-0.3, -0.25) is 9.59 Å². The van der Waals surface area contributed by atoms with Crippen LogP contribution in [-0.4, -0.2) is 18.4 Å². The van der Waals surface area contributed by atoms with Crippen LogP contribution in [0.15, 0.2) is 84.4 Å². The molecule has 0 aliphatic rings. The number of amides is 2. The average Bonchev–Trinajstić information content (AvgIpc) is 2.79. The van der Waals surface area contributed by atoms with Crippen LogP contribution < -0.4 is 15.4 Å². The summed E-state index contributed by atoms with van der Waals surface area (Å²) in [5, 5.41) is 14.9. The molecule has 6 nitrogen and oxygen atoms in total. The van der Waals surface area contributed by atoms with Gasteiger partial charge >= 0.3 is 0 Å². The molecule has 0 aromatic heterocycles. The van der Waals surface area contributed by atoms with Gasteiger partial charge in [-0.2, -0.15) is 5.26 Å². The Labute approximate surface area is 180 Å². The number of para-hydroxylation sites is 2. The Kier molecular flexibility index (Phi) is 7.17. The summed E-state index contributed by atoms with van der Waals surface area (Å²) in [6.45, 7) is 1.75. The number of carbonyl (C=O) groups is 2. The van der Waals surface area contributed by atoms with Crippen molar-refractivity contribution >= 4 is 29.3 Å². The van der Waals surface area contributed by atoms with Gasteiger partial charge in [0.05, 0.1) is 0 Å². The van der Waals surface area contributed by atoms with E-state index in [1.54, 1.807) is 42.5 Å². The molecule has 0 bridgehead atoms. The van der Waals surface area contributed by atoms with Gasteiger partial charge in [-0.05, 0) is 54.5 Å². The van der Waals surface area contributed by atoms with E-state index in [0.717, 1.165) is 5.56 Å². The number of hydrogen-bond acceptors (Lipinski definition) is 4. The lowest BCUT2D eigenvalue weighted by Crippen LogP contribution is -2.20. The smallest absolute Gasteiger partial charge is 0.266 e. The molecule has 6 heteroatoms. The van der Waals surface area contributed by atoms with Crippen molar-refractivity contribution in [1.29, 1.82) is 5.26 Å². The Morgan fingerprint density at radius 1 is 0.935 bits per heavy atom. The van der Waals surface area contributed by atoms with E-state index in [1.807, 2.05) is 49.4 Å². The Morgan fingerprint density at radius 2 is 1.61 bits per heavy atom. The van der Waals surface area contributed by atoms with Crippen LogP contribution >= 0.6 is 0 Å². The van der Waals surface area contributed by atoms with Crippen molar-refractivity contribution in [3.63, 3.8) is 0 Å². The highest BCUT2D eigenvalue weighted by atomic mass is 16.5. The second kappa shape index (κ2) is 10.4. The number of nitriles is 1. The van der Waals surface area contributed by atoms with Crippen molar-refractivity contribution in [2.45, 2.75) is 6.92 Å². The monoisotopic (exact) mass is 411 g/mol. The van der Waals surface area contributed by atoms with Gasteiger partial charge in [-0.1, -0.05) is 48.5 Å². The van der Waals surface area contributed by atoms with Gasteiger partial charge in [0.2, 0.25) is 0 Å². The first-order chi connectivity index (χ1) is 15.0. The lowest BCUT2D eigenvalue weighted by Gasteiger charge is -2.08. The zero-order valence-corrected chi connectivity index (χ0v) is 17.0. The summed E-state index contributed by atoms with van der Waals surface area (Å²) in [7, 11) is 0. The molecule has 154 valence electrons. The molecule has 2 N–H and O–H groups in total. The molecule has 3 aromatic rings. The highest BCUT2D eigenvalue weighted by Gasteiger charge is 2.11. The van der Waals surface area contributed by atoms with Crippen molar-refractivity contribution in [1.82, 2.24) is 0 Å². The second-order valence-corrected chi connectivity index (χ2v) is 6.71. The van der Waals surface area contributed by atoms with Crippen LogP contribution in [0.2, 0.25) is 0 Å². The first-order valence-corrected chi connectivity index (χ1v) is 9.61. The predicted molar refractivity (Wildman–Crippen MR) is 120 cm³/mol. The number of anilines is 2. The molecule has 3 rings (SSSR count). The highest BCUT2D eigenvalue weighted by molar-refractivity contribution is 6.09. The third-order valence-corrected chi connectivity index (χ3v) is 4.38. The Hall–Kier alpha value is -4.37. The summed E-state index contributed by atoms with van der Waals surface area (Å²) in [5.74, 6) is -0.243. The van der Waals surface area contributed by atoms with Crippen LogP contribution in [0, 0.1) is 18.3 Å². The molecule has 31 heavy (non-hydrogen) atoms. The summed E-state index contributed by atoms with van der Waals surface area (Å²) in [5.41, 5.74) is 2.92. The molecule has 0 saturated heterocycles. The number of rotatable bonds is 7. The molecule has 0 aliphatic heterocycles. The molecule has 3 aromatic carbocycles. The van der Waals surface area contributed by atoms with Crippen LogP contribution in [0.3, 0.4) is 0 Å². The first kappa shape index (κ1) is 21.3. The van der Waals surface area contributed by atoms with Gasteiger partial charge in [-0.15, -0.1) is 0 Å². The predicted octanol–water partition coefficient (Wildman–Crippen LogP) is 4.56. The van der Waals surface area contributed by atoms with Crippen LogP contribution in [-0.2, 0) is 9.59 Å². The summed E-state index contributed by atoms with van der Waals surface area (Å²) >= 11 is 0. The number of nitrogens with zero attached hydrogens (tertiary/aromatic N) is 1. The van der Waals surface area contributed by atoms with Gasteiger partial charge in [0.1, 0.15) is 17.4 Å². The van der Waals surface area contributed by atoms with Crippen molar-refractivity contribution in [2.75, 3.05) is 17.2 Å². The minimum atomic E-state index is -0.477. The quantitative estimate of drug-likeness (QED) is 0.440. The molecule has 0 atom stereocenters. The number of nitrogens with one attached hydrogen (secondary N) is 2. The number of hydrogen-bond donors (Lipinski definition) is 2. The fraction of sp³-hybridized carbons (Fsp3) is 0.0800. The van der Waals surface area contributed by atoms with Crippen molar-refractivity contribution < 1.29 is 14.3 Å². The van der Waals surface area contributed by atoms with E-state index in [4.69, 9.17) is 4.74 Å². The highest BCUT2D eigenvalue weighted by Crippen LogP contribution is 2.17. The minimum Gasteiger partial charge on any atom is -0.484 e. The van der Waals surface area contributed by atoms with Gasteiger partial charge in [0.15, 0.2) is 6.61 Å². The number of ether oxygens (including phenoxy) is 1. The lowest BCUT2D eigenvalue weighted by atomic mass is 10.1. The molecule has 0 unspecified atom stereocenters. The van der Waals surface area contributed by atoms with Gasteiger partial charge in [0, 0.05) is 11.4 Å². The molecular weight excluding hydrogens is 390 g/mol. The van der Waals surface area contributed by atoms with Crippen LogP contribution in [0.1, 0.15) is 11.1 Å². The third kappa shape index (κ3) is 6.31. The van der Waals surface area contributed by atoms with E-state index in [1.165, 1.54) is 6.08 Å². The molecule has 0 heterocycles.